The molecule has 3 aromatic heterocycles. The van der Waals surface area contributed by atoms with Gasteiger partial charge < -0.3 is 4.57 Å². The van der Waals surface area contributed by atoms with E-state index in [1.54, 1.807) is 0 Å². The lowest BCUT2D eigenvalue weighted by Crippen LogP contribution is -2.05. The Hall–Kier alpha value is -6.52. The summed E-state index contributed by atoms with van der Waals surface area (Å²) in [6, 6.07) is 60.0. The monoisotopic (exact) mass is 612 g/mol. The first kappa shape index (κ1) is 26.7. The molecule has 10 aromatic rings. The van der Waals surface area contributed by atoms with Gasteiger partial charge in [0.2, 0.25) is 5.95 Å². The lowest BCUT2D eigenvalue weighted by Gasteiger charge is -2.14. The van der Waals surface area contributed by atoms with Crippen molar-refractivity contribution in [2.24, 2.45) is 0 Å². The van der Waals surface area contributed by atoms with E-state index in [1.807, 2.05) is 12.1 Å². The van der Waals surface area contributed by atoms with Crippen LogP contribution in [0.4, 0.5) is 0 Å². The summed E-state index contributed by atoms with van der Waals surface area (Å²) in [7, 11) is 0. The maximum absolute atomic E-state index is 5.36. The number of hydrogen-bond donors (Lipinski definition) is 0. The number of hydrogen-bond acceptors (Lipinski definition) is 2. The molecule has 0 saturated heterocycles. The van der Waals surface area contributed by atoms with E-state index in [4.69, 9.17) is 9.97 Å². The minimum atomic E-state index is 0.642. The van der Waals surface area contributed by atoms with E-state index in [0.29, 0.717) is 5.95 Å². The highest BCUT2D eigenvalue weighted by Gasteiger charge is 2.24. The molecule has 0 aliphatic rings. The molecule has 0 fully saturated rings. The van der Waals surface area contributed by atoms with Gasteiger partial charge >= 0.3 is 0 Å². The van der Waals surface area contributed by atoms with Gasteiger partial charge in [0, 0.05) is 38.4 Å². The van der Waals surface area contributed by atoms with Crippen LogP contribution in [0.1, 0.15) is 0 Å². The van der Waals surface area contributed by atoms with E-state index in [2.05, 4.69) is 167 Å². The second kappa shape index (κ2) is 10.5. The van der Waals surface area contributed by atoms with Gasteiger partial charge in [-0.15, -0.1) is 0 Å². The van der Waals surface area contributed by atoms with Crippen LogP contribution in [0.3, 0.4) is 0 Å². The quantitative estimate of drug-likeness (QED) is 0.198. The molecule has 4 heteroatoms. The van der Waals surface area contributed by atoms with Crippen molar-refractivity contribution in [3.8, 4) is 34.2 Å². The Balaban J connectivity index is 1.44. The van der Waals surface area contributed by atoms with Crippen molar-refractivity contribution in [3.63, 3.8) is 0 Å². The number of para-hydroxylation sites is 2. The van der Waals surface area contributed by atoms with E-state index in [0.717, 1.165) is 50.3 Å². The van der Waals surface area contributed by atoms with E-state index in [9.17, 15) is 0 Å². The molecule has 4 nitrogen and oxygen atoms in total. The van der Waals surface area contributed by atoms with Crippen LogP contribution in [0.25, 0.3) is 88.5 Å². The van der Waals surface area contributed by atoms with Crippen LogP contribution in [0, 0.1) is 0 Å². The molecule has 10 rings (SSSR count). The fourth-order valence-electron chi connectivity index (χ4n) is 7.42. The molecule has 0 saturated carbocycles. The van der Waals surface area contributed by atoms with Crippen LogP contribution in [0.5, 0.6) is 0 Å². The smallest absolute Gasteiger partial charge is 0.235 e. The van der Waals surface area contributed by atoms with Gasteiger partial charge in [0.05, 0.1) is 33.5 Å². The molecule has 0 aliphatic heterocycles. The first-order valence-corrected chi connectivity index (χ1v) is 16.3. The molecule has 0 aliphatic carbocycles. The summed E-state index contributed by atoms with van der Waals surface area (Å²) in [5, 5.41) is 7.19. The van der Waals surface area contributed by atoms with Gasteiger partial charge in [0.25, 0.3) is 0 Å². The molecule has 7 aromatic carbocycles. The van der Waals surface area contributed by atoms with Crippen molar-refractivity contribution in [2.75, 3.05) is 0 Å². The number of fused-ring (bicyclic) bond motifs is 9. The summed E-state index contributed by atoms with van der Waals surface area (Å²) < 4.78 is 4.71. The van der Waals surface area contributed by atoms with E-state index in [-0.39, 0.29) is 0 Å². The highest BCUT2D eigenvalue weighted by molar-refractivity contribution is 6.28. The normalized spacial score (nSPS) is 11.8. The highest BCUT2D eigenvalue weighted by Crippen LogP contribution is 2.43. The summed E-state index contributed by atoms with van der Waals surface area (Å²) >= 11 is 0. The van der Waals surface area contributed by atoms with Gasteiger partial charge in [0.1, 0.15) is 0 Å². The molecule has 0 spiro atoms. The predicted molar refractivity (Wildman–Crippen MR) is 199 cm³/mol. The van der Waals surface area contributed by atoms with Crippen molar-refractivity contribution in [1.29, 1.82) is 0 Å². The third kappa shape index (κ3) is 3.96. The van der Waals surface area contributed by atoms with Crippen LogP contribution in [-0.2, 0) is 0 Å². The molecular weight excluding hydrogens is 585 g/mol. The van der Waals surface area contributed by atoms with Crippen LogP contribution in [-0.4, -0.2) is 19.1 Å². The second-order valence-electron chi connectivity index (χ2n) is 12.2. The molecule has 224 valence electrons. The Bertz CT molecular complexity index is 2760. The summed E-state index contributed by atoms with van der Waals surface area (Å²) in [6.07, 6.45) is 0. The number of benzene rings is 7. The SMILES string of the molecule is c1ccc(-c2cc(-c3ccccc3)nc(-n3c4ccc5ccccc5c4c4ccc5c6ccccc6n(-c6ccccc6)c5c43)n2)cc1. The van der Waals surface area contributed by atoms with Gasteiger partial charge in [-0.2, -0.15) is 0 Å². The molecule has 0 radical (unpaired) electrons. The zero-order valence-electron chi connectivity index (χ0n) is 26.0. The lowest BCUT2D eigenvalue weighted by atomic mass is 10.0. The third-order valence-corrected chi connectivity index (χ3v) is 9.52. The molecule has 0 N–H and O–H groups in total. The van der Waals surface area contributed by atoms with E-state index >= 15 is 0 Å². The van der Waals surface area contributed by atoms with Crippen molar-refractivity contribution in [1.82, 2.24) is 19.1 Å². The highest BCUT2D eigenvalue weighted by atomic mass is 15.2. The minimum Gasteiger partial charge on any atom is -0.307 e. The minimum absolute atomic E-state index is 0.642. The fourth-order valence-corrected chi connectivity index (χ4v) is 7.42. The molecule has 0 atom stereocenters. The van der Waals surface area contributed by atoms with Gasteiger partial charge in [-0.25, -0.2) is 9.97 Å². The van der Waals surface area contributed by atoms with Crippen LogP contribution in [0.2, 0.25) is 0 Å². The molecule has 48 heavy (non-hydrogen) atoms. The van der Waals surface area contributed by atoms with Gasteiger partial charge in [-0.05, 0) is 41.1 Å². The van der Waals surface area contributed by atoms with Crippen LogP contribution >= 0.6 is 0 Å². The average Bonchev–Trinajstić information content (AvgIpc) is 3.69. The molecular formula is C44H28N4. The third-order valence-electron chi connectivity index (χ3n) is 9.52. The first-order valence-electron chi connectivity index (χ1n) is 16.3. The Kier molecular flexibility index (Phi) is 5.84. The van der Waals surface area contributed by atoms with Crippen LogP contribution < -0.4 is 0 Å². The summed E-state index contributed by atoms with van der Waals surface area (Å²) in [5.41, 5.74) is 9.43. The average molecular weight is 613 g/mol. The maximum Gasteiger partial charge on any atom is 0.235 e. The maximum atomic E-state index is 5.36. The number of rotatable bonds is 4. The molecule has 3 heterocycles. The topological polar surface area (TPSA) is 35.6 Å². The summed E-state index contributed by atoms with van der Waals surface area (Å²) in [5.74, 6) is 0.642. The Labute approximate surface area is 276 Å². The Morgan fingerprint density at radius 1 is 0.375 bits per heavy atom. The second-order valence-corrected chi connectivity index (χ2v) is 12.2. The van der Waals surface area contributed by atoms with Crippen LogP contribution in [0.15, 0.2) is 170 Å². The lowest BCUT2D eigenvalue weighted by molar-refractivity contribution is 0.995. The molecule has 0 amide bonds. The van der Waals surface area contributed by atoms with Gasteiger partial charge in [-0.1, -0.05) is 140 Å². The van der Waals surface area contributed by atoms with Crippen molar-refractivity contribution >= 4 is 54.4 Å². The zero-order valence-corrected chi connectivity index (χ0v) is 26.0. The van der Waals surface area contributed by atoms with E-state index < -0.39 is 0 Å². The van der Waals surface area contributed by atoms with Gasteiger partial charge in [0.15, 0.2) is 0 Å². The standard InChI is InChI=1S/C44H28N4/c1-4-15-30(16-5-1)37-28-38(31-17-6-2-7-18-31)46-44(45-37)48-40-27-24-29-14-10-11-21-33(29)41(40)36-26-25-35-34-22-12-13-23-39(34)47(42(35)43(36)48)32-19-8-3-9-20-32/h1-28H. The molecule has 0 unspecified atom stereocenters. The molecule has 0 bridgehead atoms. The summed E-state index contributed by atoms with van der Waals surface area (Å²) in [6.45, 7) is 0. The zero-order chi connectivity index (χ0) is 31.6. The van der Waals surface area contributed by atoms with Gasteiger partial charge in [-0.3, -0.25) is 4.57 Å². The largest absolute Gasteiger partial charge is 0.307 e. The predicted octanol–water partition coefficient (Wildman–Crippen LogP) is 11.2. The first-order chi connectivity index (χ1) is 23.8. The number of nitrogens with zero attached hydrogens (tertiary/aromatic N) is 4. The Morgan fingerprint density at radius 3 is 1.65 bits per heavy atom. The van der Waals surface area contributed by atoms with E-state index in [1.165, 1.54) is 32.3 Å². The summed E-state index contributed by atoms with van der Waals surface area (Å²) in [4.78, 5) is 10.7. The van der Waals surface area contributed by atoms with Crippen molar-refractivity contribution < 1.29 is 0 Å². The Morgan fingerprint density at radius 2 is 0.938 bits per heavy atom. The number of aromatic nitrogens is 4. The van der Waals surface area contributed by atoms with Crippen molar-refractivity contribution in [3.05, 3.63) is 170 Å². The van der Waals surface area contributed by atoms with Crippen molar-refractivity contribution in [2.45, 2.75) is 0 Å². The fraction of sp³-hybridized carbons (Fsp3) is 0.